The summed E-state index contributed by atoms with van der Waals surface area (Å²) in [4.78, 5) is 14.5. The van der Waals surface area contributed by atoms with Crippen molar-refractivity contribution in [1.82, 2.24) is 19.7 Å². The van der Waals surface area contributed by atoms with Crippen molar-refractivity contribution >= 4 is 22.5 Å². The van der Waals surface area contributed by atoms with Crippen molar-refractivity contribution in [3.63, 3.8) is 0 Å². The Kier molecular flexibility index (Phi) is 3.29. The lowest BCUT2D eigenvalue weighted by Crippen LogP contribution is -2.31. The standard InChI is InChI=1S/C17H19N5O/c18-14-9-19-20-17(14)13-6-8-22(10-13)16(23)11-21-7-5-12-3-1-2-4-15(12)21/h1-5,7,9,13H,6,8,10-11,18H2,(H,19,20). The van der Waals surface area contributed by atoms with E-state index in [1.54, 1.807) is 6.20 Å². The van der Waals surface area contributed by atoms with Crippen LogP contribution in [-0.2, 0) is 11.3 Å². The number of benzene rings is 1. The van der Waals surface area contributed by atoms with Crippen molar-refractivity contribution in [3.8, 4) is 0 Å². The Morgan fingerprint density at radius 1 is 1.35 bits per heavy atom. The van der Waals surface area contributed by atoms with Crippen LogP contribution < -0.4 is 5.73 Å². The van der Waals surface area contributed by atoms with E-state index in [-0.39, 0.29) is 11.8 Å². The highest BCUT2D eigenvalue weighted by Gasteiger charge is 2.29. The normalized spacial score (nSPS) is 17.9. The maximum atomic E-state index is 12.6. The molecule has 118 valence electrons. The second kappa shape index (κ2) is 5.46. The van der Waals surface area contributed by atoms with Gasteiger partial charge in [0.05, 0.1) is 17.6 Å². The fourth-order valence-electron chi connectivity index (χ4n) is 3.38. The number of anilines is 1. The molecule has 1 saturated heterocycles. The third-order valence-corrected chi connectivity index (χ3v) is 4.63. The molecule has 1 amide bonds. The van der Waals surface area contributed by atoms with E-state index in [4.69, 9.17) is 5.73 Å². The highest BCUT2D eigenvalue weighted by Crippen LogP contribution is 2.29. The Balaban J connectivity index is 1.47. The van der Waals surface area contributed by atoms with E-state index in [0.29, 0.717) is 18.8 Å². The molecule has 0 radical (unpaired) electrons. The average molecular weight is 309 g/mol. The van der Waals surface area contributed by atoms with Gasteiger partial charge in [0.1, 0.15) is 6.54 Å². The Hall–Kier alpha value is -2.76. The molecule has 0 aliphatic carbocycles. The SMILES string of the molecule is Nc1cn[nH]c1C1CCN(C(=O)Cn2ccc3ccccc32)C1. The van der Waals surface area contributed by atoms with Crippen LogP contribution in [0.4, 0.5) is 5.69 Å². The van der Waals surface area contributed by atoms with Crippen LogP contribution in [0, 0.1) is 0 Å². The fourth-order valence-corrected chi connectivity index (χ4v) is 3.38. The first-order valence-electron chi connectivity index (χ1n) is 7.83. The molecule has 4 rings (SSSR count). The number of rotatable bonds is 3. The molecule has 1 unspecified atom stereocenters. The Morgan fingerprint density at radius 2 is 2.22 bits per heavy atom. The summed E-state index contributed by atoms with van der Waals surface area (Å²) in [6.07, 6.45) is 4.53. The average Bonchev–Trinajstić information content (AvgIpc) is 3.27. The number of hydrogen-bond acceptors (Lipinski definition) is 3. The van der Waals surface area contributed by atoms with E-state index in [2.05, 4.69) is 16.3 Å². The zero-order chi connectivity index (χ0) is 15.8. The molecule has 0 spiro atoms. The van der Waals surface area contributed by atoms with Gasteiger partial charge in [0.2, 0.25) is 5.91 Å². The first-order valence-corrected chi connectivity index (χ1v) is 7.83. The number of nitrogens with one attached hydrogen (secondary N) is 1. The maximum Gasteiger partial charge on any atom is 0.242 e. The third kappa shape index (κ3) is 2.46. The summed E-state index contributed by atoms with van der Waals surface area (Å²) < 4.78 is 2.01. The van der Waals surface area contributed by atoms with Gasteiger partial charge in [-0.3, -0.25) is 9.89 Å². The molecule has 3 aromatic rings. The highest BCUT2D eigenvalue weighted by atomic mass is 16.2. The quantitative estimate of drug-likeness (QED) is 0.776. The Bertz CT molecular complexity index is 849. The summed E-state index contributed by atoms with van der Waals surface area (Å²) >= 11 is 0. The molecule has 1 fully saturated rings. The van der Waals surface area contributed by atoms with Crippen molar-refractivity contribution in [3.05, 3.63) is 48.4 Å². The number of para-hydroxylation sites is 1. The number of nitrogens with zero attached hydrogens (tertiary/aromatic N) is 3. The van der Waals surface area contributed by atoms with E-state index < -0.39 is 0 Å². The number of nitrogens with two attached hydrogens (primary N) is 1. The number of carbonyl (C=O) groups is 1. The molecule has 1 aliphatic rings. The second-order valence-corrected chi connectivity index (χ2v) is 6.07. The van der Waals surface area contributed by atoms with Crippen LogP contribution in [0.15, 0.2) is 42.7 Å². The zero-order valence-electron chi connectivity index (χ0n) is 12.8. The number of aromatic nitrogens is 3. The van der Waals surface area contributed by atoms with Crippen molar-refractivity contribution < 1.29 is 4.79 Å². The Labute approximate surface area is 133 Å². The predicted molar refractivity (Wildman–Crippen MR) is 88.9 cm³/mol. The van der Waals surface area contributed by atoms with Gasteiger partial charge >= 0.3 is 0 Å². The van der Waals surface area contributed by atoms with Crippen LogP contribution >= 0.6 is 0 Å². The molecular weight excluding hydrogens is 290 g/mol. The van der Waals surface area contributed by atoms with Crippen LogP contribution in [0.3, 0.4) is 0 Å². The van der Waals surface area contributed by atoms with Gasteiger partial charge in [-0.1, -0.05) is 18.2 Å². The van der Waals surface area contributed by atoms with Crippen molar-refractivity contribution in [1.29, 1.82) is 0 Å². The van der Waals surface area contributed by atoms with Crippen molar-refractivity contribution in [2.45, 2.75) is 18.9 Å². The fraction of sp³-hybridized carbons (Fsp3) is 0.294. The summed E-state index contributed by atoms with van der Waals surface area (Å²) in [6.45, 7) is 1.84. The number of nitrogen functional groups attached to an aromatic ring is 1. The van der Waals surface area contributed by atoms with Crippen LogP contribution in [0.5, 0.6) is 0 Å². The summed E-state index contributed by atoms with van der Waals surface area (Å²) in [7, 11) is 0. The first kappa shape index (κ1) is 13.9. The van der Waals surface area contributed by atoms with Crippen molar-refractivity contribution in [2.24, 2.45) is 0 Å². The van der Waals surface area contributed by atoms with Gasteiger partial charge in [-0.2, -0.15) is 5.10 Å². The molecular formula is C17H19N5O. The molecule has 1 aliphatic heterocycles. The topological polar surface area (TPSA) is 79.9 Å². The molecule has 2 aromatic heterocycles. The monoisotopic (exact) mass is 309 g/mol. The molecule has 3 N–H and O–H groups in total. The number of H-pyrrole nitrogens is 1. The van der Waals surface area contributed by atoms with E-state index in [9.17, 15) is 4.79 Å². The minimum Gasteiger partial charge on any atom is -0.396 e. The highest BCUT2D eigenvalue weighted by molar-refractivity contribution is 5.83. The van der Waals surface area contributed by atoms with Crippen LogP contribution in [0.1, 0.15) is 18.0 Å². The molecule has 1 aromatic carbocycles. The van der Waals surface area contributed by atoms with E-state index in [0.717, 1.165) is 29.6 Å². The second-order valence-electron chi connectivity index (χ2n) is 6.07. The third-order valence-electron chi connectivity index (χ3n) is 4.63. The van der Waals surface area contributed by atoms with Crippen LogP contribution in [0.25, 0.3) is 10.9 Å². The minimum absolute atomic E-state index is 0.145. The summed E-state index contributed by atoms with van der Waals surface area (Å²) in [5, 5.41) is 8.09. The van der Waals surface area contributed by atoms with Gasteiger partial charge in [-0.25, -0.2) is 0 Å². The largest absolute Gasteiger partial charge is 0.396 e. The van der Waals surface area contributed by atoms with Gasteiger partial charge in [0, 0.05) is 30.7 Å². The predicted octanol–water partition coefficient (Wildman–Crippen LogP) is 1.96. The molecule has 3 heterocycles. The first-order chi connectivity index (χ1) is 11.2. The van der Waals surface area contributed by atoms with Gasteiger partial charge in [0.15, 0.2) is 0 Å². The smallest absolute Gasteiger partial charge is 0.242 e. The lowest BCUT2D eigenvalue weighted by molar-refractivity contribution is -0.130. The number of hydrogen-bond donors (Lipinski definition) is 2. The molecule has 6 nitrogen and oxygen atoms in total. The molecule has 0 bridgehead atoms. The molecule has 1 atom stereocenters. The number of fused-ring (bicyclic) bond motifs is 1. The van der Waals surface area contributed by atoms with Gasteiger partial charge < -0.3 is 15.2 Å². The Morgan fingerprint density at radius 3 is 3.04 bits per heavy atom. The van der Waals surface area contributed by atoms with Crippen LogP contribution in [-0.4, -0.2) is 38.7 Å². The summed E-state index contributed by atoms with van der Waals surface area (Å²) in [5.74, 6) is 0.398. The van der Waals surface area contributed by atoms with Gasteiger partial charge in [-0.05, 0) is 23.9 Å². The lowest BCUT2D eigenvalue weighted by atomic mass is 10.0. The van der Waals surface area contributed by atoms with Gasteiger partial charge in [-0.15, -0.1) is 0 Å². The minimum atomic E-state index is 0.145. The van der Waals surface area contributed by atoms with E-state index >= 15 is 0 Å². The van der Waals surface area contributed by atoms with Crippen LogP contribution in [0.2, 0.25) is 0 Å². The van der Waals surface area contributed by atoms with E-state index in [1.165, 1.54) is 0 Å². The molecule has 6 heteroatoms. The van der Waals surface area contributed by atoms with Gasteiger partial charge in [0.25, 0.3) is 0 Å². The summed E-state index contributed by atoms with van der Waals surface area (Å²) in [5.41, 5.74) is 8.64. The zero-order valence-corrected chi connectivity index (χ0v) is 12.8. The molecule has 23 heavy (non-hydrogen) atoms. The number of amides is 1. The summed E-state index contributed by atoms with van der Waals surface area (Å²) in [6, 6.07) is 10.1. The number of aromatic amines is 1. The number of likely N-dealkylation sites (tertiary alicyclic amines) is 1. The van der Waals surface area contributed by atoms with Crippen molar-refractivity contribution in [2.75, 3.05) is 18.8 Å². The lowest BCUT2D eigenvalue weighted by Gasteiger charge is -2.17. The number of carbonyl (C=O) groups excluding carboxylic acids is 1. The van der Waals surface area contributed by atoms with E-state index in [1.807, 2.05) is 39.9 Å². The maximum absolute atomic E-state index is 12.6. The molecule has 0 saturated carbocycles.